The van der Waals surface area contributed by atoms with Gasteiger partial charge in [0, 0.05) is 30.6 Å². The lowest BCUT2D eigenvalue weighted by atomic mass is 10.00. The van der Waals surface area contributed by atoms with Crippen molar-refractivity contribution >= 4 is 32.8 Å². The van der Waals surface area contributed by atoms with Crippen LogP contribution < -0.4 is 5.32 Å². The molecule has 9 heteroatoms. The number of likely N-dealkylation sites (tertiary alicyclic amines) is 1. The molecule has 1 aliphatic carbocycles. The van der Waals surface area contributed by atoms with Crippen molar-refractivity contribution < 1.29 is 22.7 Å². The summed E-state index contributed by atoms with van der Waals surface area (Å²) in [6, 6.07) is 12.2. The van der Waals surface area contributed by atoms with Gasteiger partial charge in [-0.15, -0.1) is 0 Å². The number of benzene rings is 2. The fourth-order valence-corrected chi connectivity index (χ4v) is 7.41. The summed E-state index contributed by atoms with van der Waals surface area (Å²) >= 11 is 0. The monoisotopic (exact) mass is 543 g/mol. The number of sulfonamides is 1. The van der Waals surface area contributed by atoms with Crippen molar-refractivity contribution in [3.8, 4) is 0 Å². The van der Waals surface area contributed by atoms with Crippen LogP contribution in [0.25, 0.3) is 10.8 Å². The van der Waals surface area contributed by atoms with Gasteiger partial charge in [-0.25, -0.2) is 13.2 Å². The lowest BCUT2D eigenvalue weighted by molar-refractivity contribution is -0.135. The number of carbonyl (C=O) groups is 2. The molecule has 1 saturated heterocycles. The van der Waals surface area contributed by atoms with E-state index in [2.05, 4.69) is 5.32 Å². The third kappa shape index (κ3) is 6.67. The highest BCUT2D eigenvalue weighted by Crippen LogP contribution is 2.38. The van der Waals surface area contributed by atoms with Crippen molar-refractivity contribution in [2.75, 3.05) is 13.1 Å². The second-order valence-corrected chi connectivity index (χ2v) is 13.7. The highest BCUT2D eigenvalue weighted by molar-refractivity contribution is 7.89. The number of piperidine rings is 1. The maximum atomic E-state index is 14.0. The predicted octanol–water partition coefficient (Wildman–Crippen LogP) is 4.92. The Morgan fingerprint density at radius 3 is 2.21 bits per heavy atom. The largest absolute Gasteiger partial charge is 0.444 e. The maximum absolute atomic E-state index is 14.0. The van der Waals surface area contributed by atoms with Crippen LogP contribution in [0.1, 0.15) is 66.7 Å². The first-order valence-corrected chi connectivity index (χ1v) is 15.1. The molecular weight excluding hydrogens is 502 g/mol. The second kappa shape index (κ2) is 11.2. The number of hydrogen-bond acceptors (Lipinski definition) is 5. The number of rotatable bonds is 8. The molecule has 0 aromatic heterocycles. The van der Waals surface area contributed by atoms with Crippen molar-refractivity contribution in [3.63, 3.8) is 0 Å². The van der Waals surface area contributed by atoms with Gasteiger partial charge in [0.25, 0.3) is 0 Å². The molecule has 2 aromatic carbocycles. The van der Waals surface area contributed by atoms with Gasteiger partial charge < -0.3 is 15.0 Å². The van der Waals surface area contributed by atoms with Crippen molar-refractivity contribution in [3.05, 3.63) is 42.5 Å². The number of nitrogens with zero attached hydrogens (tertiary/aromatic N) is 2. The summed E-state index contributed by atoms with van der Waals surface area (Å²) < 4.78 is 35.1. The molecular formula is C29H41N3O5S. The van der Waals surface area contributed by atoms with Crippen molar-refractivity contribution in [1.82, 2.24) is 14.5 Å². The number of alkyl carbamates (subject to hydrolysis) is 1. The minimum atomic E-state index is -3.71. The van der Waals surface area contributed by atoms with Crippen molar-refractivity contribution in [2.24, 2.45) is 5.92 Å². The molecule has 0 bridgehead atoms. The van der Waals surface area contributed by atoms with Crippen LogP contribution in [-0.4, -0.2) is 66.4 Å². The van der Waals surface area contributed by atoms with E-state index in [1.165, 1.54) is 0 Å². The first-order chi connectivity index (χ1) is 17.9. The Hall–Kier alpha value is -2.65. The average Bonchev–Trinajstić information content (AvgIpc) is 3.66. The van der Waals surface area contributed by atoms with E-state index in [1.54, 1.807) is 42.1 Å². The van der Waals surface area contributed by atoms with Gasteiger partial charge in [0.15, 0.2) is 0 Å². The molecule has 4 rings (SSSR count). The quantitative estimate of drug-likeness (QED) is 0.510. The summed E-state index contributed by atoms with van der Waals surface area (Å²) in [5, 5.41) is 4.40. The number of fused-ring (bicyclic) bond motifs is 1. The van der Waals surface area contributed by atoms with Crippen molar-refractivity contribution in [1.29, 1.82) is 0 Å². The predicted molar refractivity (Wildman–Crippen MR) is 148 cm³/mol. The molecule has 1 heterocycles. The fourth-order valence-electron chi connectivity index (χ4n) is 5.26. The summed E-state index contributed by atoms with van der Waals surface area (Å²) in [5.41, 5.74) is -0.657. The standard InChI is InChI=1S/C29H41N3O5S/c1-20(2)19-25(30-28(34)37-29(3,4)5)27(33)31-17-15-23(16-18-31)32(22-13-14-22)38(35,36)26-12-8-10-21-9-6-7-11-24(21)26/h6-12,20,22-23,25H,13-19H2,1-5H3,(H,30,34)/t25-/m1/s1. The molecule has 2 amide bonds. The Morgan fingerprint density at radius 1 is 1.00 bits per heavy atom. The molecule has 1 atom stereocenters. The SMILES string of the molecule is CC(C)C[C@@H](NC(=O)OC(C)(C)C)C(=O)N1CCC(N(C2CC2)S(=O)(=O)c2cccc3ccccc23)CC1. The number of amides is 2. The lowest BCUT2D eigenvalue weighted by Crippen LogP contribution is -2.54. The van der Waals surface area contributed by atoms with E-state index in [-0.39, 0.29) is 23.9 Å². The zero-order valence-electron chi connectivity index (χ0n) is 23.1. The summed E-state index contributed by atoms with van der Waals surface area (Å²) in [6.45, 7) is 10.3. The summed E-state index contributed by atoms with van der Waals surface area (Å²) in [5.74, 6) is 0.0607. The van der Waals surface area contributed by atoms with Gasteiger partial charge in [0.05, 0.1) is 4.90 Å². The first kappa shape index (κ1) is 28.4. The van der Waals surface area contributed by atoms with Gasteiger partial charge in [-0.2, -0.15) is 4.31 Å². The average molecular weight is 544 g/mol. The smallest absolute Gasteiger partial charge is 0.408 e. The minimum absolute atomic E-state index is 0.00810. The van der Waals surface area contributed by atoms with Gasteiger partial charge in [0.2, 0.25) is 15.9 Å². The molecule has 1 saturated carbocycles. The molecule has 38 heavy (non-hydrogen) atoms. The molecule has 2 aliphatic rings. The minimum Gasteiger partial charge on any atom is -0.444 e. The zero-order chi connectivity index (χ0) is 27.7. The Morgan fingerprint density at radius 2 is 1.61 bits per heavy atom. The Kier molecular flexibility index (Phi) is 8.37. The number of nitrogens with one attached hydrogen (secondary N) is 1. The molecule has 1 N–H and O–H groups in total. The molecule has 8 nitrogen and oxygen atoms in total. The van der Waals surface area contributed by atoms with Crippen LogP contribution in [-0.2, 0) is 19.6 Å². The van der Waals surface area contributed by atoms with Gasteiger partial charge in [-0.1, -0.05) is 50.2 Å². The first-order valence-electron chi connectivity index (χ1n) is 13.7. The Bertz CT molecular complexity index is 1250. The molecule has 2 fully saturated rings. The van der Waals surface area contributed by atoms with Gasteiger partial charge in [-0.05, 0) is 70.2 Å². The van der Waals surface area contributed by atoms with Crippen molar-refractivity contribution in [2.45, 2.75) is 95.3 Å². The van der Waals surface area contributed by atoms with E-state index in [0.717, 1.165) is 23.6 Å². The van der Waals surface area contributed by atoms with E-state index < -0.39 is 27.8 Å². The number of ether oxygens (including phenoxy) is 1. The van der Waals surface area contributed by atoms with Crippen LogP contribution in [0.15, 0.2) is 47.4 Å². The lowest BCUT2D eigenvalue weighted by Gasteiger charge is -2.39. The summed E-state index contributed by atoms with van der Waals surface area (Å²) in [7, 11) is -3.71. The van der Waals surface area contributed by atoms with E-state index in [1.807, 2.05) is 44.2 Å². The van der Waals surface area contributed by atoms with Gasteiger partial charge >= 0.3 is 6.09 Å². The summed E-state index contributed by atoms with van der Waals surface area (Å²) in [4.78, 5) is 28.0. The molecule has 0 radical (unpaired) electrons. The molecule has 2 aromatic rings. The van der Waals surface area contributed by atoms with E-state index >= 15 is 0 Å². The number of hydrogen-bond donors (Lipinski definition) is 1. The Balaban J connectivity index is 1.48. The second-order valence-electron chi connectivity index (χ2n) is 11.9. The highest BCUT2D eigenvalue weighted by Gasteiger charge is 2.44. The summed E-state index contributed by atoms with van der Waals surface area (Å²) in [6.07, 6.45) is 2.74. The fraction of sp³-hybridized carbons (Fsp3) is 0.586. The third-order valence-corrected chi connectivity index (χ3v) is 9.11. The molecule has 1 aliphatic heterocycles. The van der Waals surface area contributed by atoms with E-state index in [0.29, 0.717) is 37.2 Å². The third-order valence-electron chi connectivity index (χ3n) is 7.04. The molecule has 0 spiro atoms. The zero-order valence-corrected chi connectivity index (χ0v) is 24.0. The van der Waals surface area contributed by atoms with Gasteiger partial charge in [-0.3, -0.25) is 4.79 Å². The van der Waals surface area contributed by atoms with Crippen LogP contribution in [0.3, 0.4) is 0 Å². The normalized spacial score (nSPS) is 18.1. The van der Waals surface area contributed by atoms with Crippen LogP contribution in [0.4, 0.5) is 4.79 Å². The highest BCUT2D eigenvalue weighted by atomic mass is 32.2. The van der Waals surface area contributed by atoms with Crippen LogP contribution in [0.5, 0.6) is 0 Å². The van der Waals surface area contributed by atoms with Crippen LogP contribution in [0, 0.1) is 5.92 Å². The molecule has 0 unspecified atom stereocenters. The van der Waals surface area contributed by atoms with Crippen LogP contribution >= 0.6 is 0 Å². The van der Waals surface area contributed by atoms with E-state index in [9.17, 15) is 18.0 Å². The maximum Gasteiger partial charge on any atom is 0.408 e. The topological polar surface area (TPSA) is 96.0 Å². The number of carbonyl (C=O) groups excluding carboxylic acids is 2. The van der Waals surface area contributed by atoms with E-state index in [4.69, 9.17) is 4.74 Å². The van der Waals surface area contributed by atoms with Gasteiger partial charge in [0.1, 0.15) is 11.6 Å². The van der Waals surface area contributed by atoms with Crippen LogP contribution in [0.2, 0.25) is 0 Å². The molecule has 208 valence electrons. The Labute approximate surface area is 226 Å².